The molecule has 0 aliphatic carbocycles. The third-order valence-corrected chi connectivity index (χ3v) is 7.92. The van der Waals surface area contributed by atoms with Crippen molar-refractivity contribution in [3.05, 3.63) is 65.7 Å². The number of aromatic nitrogens is 4. The first kappa shape index (κ1) is 31.2. The van der Waals surface area contributed by atoms with Crippen LogP contribution in [0.2, 0.25) is 0 Å². The molecule has 14 heteroatoms. The molecule has 1 saturated heterocycles. The number of amides is 1. The highest BCUT2D eigenvalue weighted by Crippen LogP contribution is 2.22. The molecule has 0 spiro atoms. The third kappa shape index (κ3) is 9.13. The fraction of sp³-hybridized carbons (Fsp3) is 0.467. The van der Waals surface area contributed by atoms with E-state index in [4.69, 9.17) is 4.98 Å². The van der Waals surface area contributed by atoms with E-state index in [0.717, 1.165) is 28.2 Å². The number of carbonyl (C=O) groups is 3. The molecule has 3 aliphatic rings. The molecule has 2 aromatic heterocycles. The summed E-state index contributed by atoms with van der Waals surface area (Å²) >= 11 is 0. The van der Waals surface area contributed by atoms with Crippen molar-refractivity contribution in [3.63, 3.8) is 0 Å². The Hall–Kier alpha value is -4.24. The van der Waals surface area contributed by atoms with Gasteiger partial charge < -0.3 is 15.5 Å². The van der Waals surface area contributed by atoms with Crippen molar-refractivity contribution in [1.29, 1.82) is 0 Å². The van der Waals surface area contributed by atoms with Crippen LogP contribution in [-0.2, 0) is 34.0 Å². The lowest BCUT2D eigenvalue weighted by Gasteiger charge is -2.33. The van der Waals surface area contributed by atoms with Crippen LogP contribution in [0.5, 0.6) is 0 Å². The molecule has 44 heavy (non-hydrogen) atoms. The van der Waals surface area contributed by atoms with Gasteiger partial charge in [-0.15, -0.1) is 5.10 Å². The van der Waals surface area contributed by atoms with Crippen LogP contribution in [0, 0.1) is 0 Å². The second kappa shape index (κ2) is 15.0. The van der Waals surface area contributed by atoms with Crippen LogP contribution >= 0.6 is 0 Å². The molecule has 0 atom stereocenters. The number of carboxylic acid groups (broad SMARTS) is 2. The van der Waals surface area contributed by atoms with Gasteiger partial charge in [-0.2, -0.15) is 0 Å². The average Bonchev–Trinajstić information content (AvgIpc) is 3.43. The molecule has 5 heterocycles. The van der Waals surface area contributed by atoms with Crippen LogP contribution < -0.4 is 5.32 Å². The Bertz CT molecular complexity index is 1400. The van der Waals surface area contributed by atoms with Crippen molar-refractivity contribution >= 4 is 17.8 Å². The summed E-state index contributed by atoms with van der Waals surface area (Å²) in [6, 6.07) is 14.1. The first-order chi connectivity index (χ1) is 21.3. The number of carboxylic acids is 2. The van der Waals surface area contributed by atoms with Gasteiger partial charge in [-0.1, -0.05) is 35.5 Å². The zero-order valence-corrected chi connectivity index (χ0v) is 24.7. The Labute approximate surface area is 255 Å². The van der Waals surface area contributed by atoms with Gasteiger partial charge in [0, 0.05) is 58.9 Å². The molecule has 3 N–H and O–H groups in total. The van der Waals surface area contributed by atoms with Crippen LogP contribution in [-0.4, -0.2) is 140 Å². The van der Waals surface area contributed by atoms with Crippen LogP contribution in [0.1, 0.15) is 17.1 Å². The molecule has 1 amide bonds. The van der Waals surface area contributed by atoms with Crippen molar-refractivity contribution in [2.45, 2.75) is 19.6 Å². The lowest BCUT2D eigenvalue weighted by atomic mass is 10.0. The van der Waals surface area contributed by atoms with Gasteiger partial charge in [0.25, 0.3) is 0 Å². The van der Waals surface area contributed by atoms with Gasteiger partial charge in [0.15, 0.2) is 0 Å². The normalized spacial score (nSPS) is 21.1. The maximum atomic E-state index is 13.1. The Morgan fingerprint density at radius 1 is 0.750 bits per heavy atom. The summed E-state index contributed by atoms with van der Waals surface area (Å²) in [5, 5.41) is 30.5. The van der Waals surface area contributed by atoms with Crippen molar-refractivity contribution in [1.82, 2.24) is 44.9 Å². The van der Waals surface area contributed by atoms with E-state index < -0.39 is 11.9 Å². The van der Waals surface area contributed by atoms with Gasteiger partial charge in [-0.25, -0.2) is 4.68 Å². The van der Waals surface area contributed by atoms with E-state index in [-0.39, 0.29) is 32.1 Å². The van der Waals surface area contributed by atoms with Crippen LogP contribution in [0.25, 0.3) is 11.1 Å². The average molecular weight is 606 g/mol. The van der Waals surface area contributed by atoms with Crippen LogP contribution in [0.15, 0.2) is 48.7 Å². The second-order valence-electron chi connectivity index (χ2n) is 11.3. The highest BCUT2D eigenvalue weighted by molar-refractivity contribution is 5.78. The van der Waals surface area contributed by atoms with Gasteiger partial charge in [0.05, 0.1) is 56.0 Å². The quantitative estimate of drug-likeness (QED) is 0.355. The number of pyridine rings is 1. The minimum Gasteiger partial charge on any atom is -0.480 e. The molecule has 6 rings (SSSR count). The molecular weight excluding hydrogens is 566 g/mol. The number of rotatable bonds is 5. The summed E-state index contributed by atoms with van der Waals surface area (Å²) in [5.74, 6) is -2.01. The molecule has 3 aliphatic heterocycles. The molecule has 0 saturated carbocycles. The summed E-state index contributed by atoms with van der Waals surface area (Å²) in [6.45, 7) is 4.94. The van der Waals surface area contributed by atoms with Crippen LogP contribution in [0.3, 0.4) is 0 Å². The van der Waals surface area contributed by atoms with Gasteiger partial charge in [0.1, 0.15) is 0 Å². The Kier molecular flexibility index (Phi) is 10.6. The lowest BCUT2D eigenvalue weighted by molar-refractivity contribution is -0.139. The SMILES string of the molecule is O=C(O)CN1CCN2CCN(CC(=O)O)CCN(CC1)Cc1cc(-c3ccccc3)cc(n1)Cn1nncc1CNC(=O)C2. The van der Waals surface area contributed by atoms with E-state index in [2.05, 4.69) is 26.6 Å². The molecule has 234 valence electrons. The van der Waals surface area contributed by atoms with Crippen molar-refractivity contribution in [3.8, 4) is 11.1 Å². The van der Waals surface area contributed by atoms with Gasteiger partial charge in [0.2, 0.25) is 5.91 Å². The maximum absolute atomic E-state index is 13.1. The van der Waals surface area contributed by atoms with E-state index in [1.54, 1.807) is 10.9 Å². The number of fused-ring (bicyclic) bond motifs is 11. The Morgan fingerprint density at radius 2 is 1.32 bits per heavy atom. The number of benzene rings is 1. The number of nitrogens with one attached hydrogen (secondary N) is 1. The zero-order chi connectivity index (χ0) is 30.9. The number of hydrogen-bond donors (Lipinski definition) is 3. The molecule has 1 fully saturated rings. The molecule has 0 unspecified atom stereocenters. The summed E-state index contributed by atoms with van der Waals surface area (Å²) in [5.41, 5.74) is 4.41. The minimum absolute atomic E-state index is 0.0968. The molecule has 4 bridgehead atoms. The summed E-state index contributed by atoms with van der Waals surface area (Å²) in [6.07, 6.45) is 1.63. The topological polar surface area (TPSA) is 160 Å². The van der Waals surface area contributed by atoms with Gasteiger partial charge in [-0.05, 0) is 23.3 Å². The number of aliphatic carboxylic acids is 2. The van der Waals surface area contributed by atoms with Crippen molar-refractivity contribution < 1.29 is 24.6 Å². The zero-order valence-electron chi connectivity index (χ0n) is 24.7. The predicted molar refractivity (Wildman–Crippen MR) is 161 cm³/mol. The Morgan fingerprint density at radius 3 is 1.91 bits per heavy atom. The van der Waals surface area contributed by atoms with Crippen molar-refractivity contribution in [2.24, 2.45) is 0 Å². The highest BCUT2D eigenvalue weighted by Gasteiger charge is 2.21. The van der Waals surface area contributed by atoms with E-state index in [1.807, 2.05) is 51.1 Å². The standard InChI is InChI=1S/C30H39N9O5/c40-28-20-36-8-12-37(21-29(41)42)10-6-35(7-11-38(13-9-36)22-30(43)44)18-25-14-24(23-4-2-1-3-5-23)15-26(33-25)19-39-27(16-31-28)17-32-34-39/h1-5,14-15,17H,6-13,16,18-22H2,(H,31,40)(H,41,42)(H,43,44). The fourth-order valence-electron chi connectivity index (χ4n) is 5.58. The van der Waals surface area contributed by atoms with Crippen LogP contribution in [0.4, 0.5) is 0 Å². The fourth-order valence-corrected chi connectivity index (χ4v) is 5.58. The molecule has 0 radical (unpaired) electrons. The van der Waals surface area contributed by atoms with Gasteiger partial charge in [-0.3, -0.25) is 39.0 Å². The number of hydrogen-bond acceptors (Lipinski definition) is 10. The van der Waals surface area contributed by atoms with E-state index in [0.29, 0.717) is 65.4 Å². The summed E-state index contributed by atoms with van der Waals surface area (Å²) in [4.78, 5) is 49.5. The number of carbonyl (C=O) groups excluding carboxylic acids is 1. The summed E-state index contributed by atoms with van der Waals surface area (Å²) in [7, 11) is 0. The smallest absolute Gasteiger partial charge is 0.317 e. The van der Waals surface area contributed by atoms with Gasteiger partial charge >= 0.3 is 11.9 Å². The largest absolute Gasteiger partial charge is 0.480 e. The van der Waals surface area contributed by atoms with E-state index in [1.165, 1.54) is 0 Å². The third-order valence-electron chi connectivity index (χ3n) is 7.92. The maximum Gasteiger partial charge on any atom is 0.317 e. The lowest BCUT2D eigenvalue weighted by Crippen LogP contribution is -2.49. The molecular formula is C30H39N9O5. The second-order valence-corrected chi connectivity index (χ2v) is 11.3. The highest BCUT2D eigenvalue weighted by atomic mass is 16.4. The van der Waals surface area contributed by atoms with E-state index in [9.17, 15) is 24.6 Å². The Balaban J connectivity index is 1.53. The molecule has 14 nitrogen and oxygen atoms in total. The monoisotopic (exact) mass is 605 g/mol. The summed E-state index contributed by atoms with van der Waals surface area (Å²) < 4.78 is 1.75. The predicted octanol–water partition coefficient (Wildman–Crippen LogP) is -0.0910. The first-order valence-corrected chi connectivity index (χ1v) is 14.8. The van der Waals surface area contributed by atoms with E-state index >= 15 is 0 Å². The minimum atomic E-state index is -0.908. The molecule has 1 aromatic carbocycles. The first-order valence-electron chi connectivity index (χ1n) is 14.8. The van der Waals surface area contributed by atoms with Crippen molar-refractivity contribution in [2.75, 3.05) is 72.0 Å². The number of nitrogens with zero attached hydrogens (tertiary/aromatic N) is 8. The molecule has 3 aromatic rings.